The fraction of sp³-hybridized carbons (Fsp3) is 0.632. The number of nitrogens with one attached hydrogen (secondary N) is 1. The van der Waals surface area contributed by atoms with Crippen molar-refractivity contribution in [3.63, 3.8) is 0 Å². The summed E-state index contributed by atoms with van der Waals surface area (Å²) in [6, 6.07) is 6.25. The minimum atomic E-state index is -3.50. The summed E-state index contributed by atoms with van der Waals surface area (Å²) < 4.78 is 26.3. The fourth-order valence-electron chi connectivity index (χ4n) is 2.77. The second-order valence-corrected chi connectivity index (χ2v) is 9.36. The van der Waals surface area contributed by atoms with E-state index in [4.69, 9.17) is 0 Å². The zero-order chi connectivity index (χ0) is 19.3. The number of carbonyl (C=O) groups is 1. The Bertz CT molecular complexity index is 697. The molecule has 2 rings (SSSR count). The first-order chi connectivity index (χ1) is 12.2. The summed E-state index contributed by atoms with van der Waals surface area (Å²) in [5, 5.41) is 2.87. The smallest absolute Gasteiger partial charge is 0.243 e. The molecule has 146 valence electrons. The average molecular weight is 382 g/mol. The van der Waals surface area contributed by atoms with Crippen LogP contribution in [0.1, 0.15) is 40.0 Å². The Morgan fingerprint density at radius 3 is 2.35 bits per heavy atom. The highest BCUT2D eigenvalue weighted by atomic mass is 32.2. The normalized spacial score (nSPS) is 15.0. The van der Waals surface area contributed by atoms with Crippen LogP contribution in [0.15, 0.2) is 29.2 Å². The van der Waals surface area contributed by atoms with Crippen LogP contribution in [0.4, 0.5) is 5.69 Å². The van der Waals surface area contributed by atoms with Gasteiger partial charge < -0.3 is 5.32 Å². The third kappa shape index (κ3) is 5.79. The van der Waals surface area contributed by atoms with Crippen LogP contribution in [0.5, 0.6) is 0 Å². The largest absolute Gasteiger partial charge is 0.325 e. The van der Waals surface area contributed by atoms with Crippen LogP contribution in [0.3, 0.4) is 0 Å². The van der Waals surface area contributed by atoms with E-state index >= 15 is 0 Å². The highest BCUT2D eigenvalue weighted by Crippen LogP contribution is 2.29. The lowest BCUT2D eigenvalue weighted by Crippen LogP contribution is -2.35. The number of hydrogen-bond acceptors (Lipinski definition) is 4. The van der Waals surface area contributed by atoms with Crippen LogP contribution in [0, 0.1) is 5.92 Å². The van der Waals surface area contributed by atoms with Crippen molar-refractivity contribution < 1.29 is 13.2 Å². The molecule has 1 aliphatic rings. The molecule has 0 saturated heterocycles. The first kappa shape index (κ1) is 20.9. The molecule has 0 bridgehead atoms. The van der Waals surface area contributed by atoms with Crippen molar-refractivity contribution in [2.75, 3.05) is 32.0 Å². The van der Waals surface area contributed by atoms with Crippen molar-refractivity contribution in [1.29, 1.82) is 0 Å². The second-order valence-electron chi connectivity index (χ2n) is 7.37. The standard InChI is InChI=1S/C19H31N3O3S/c1-5-12-22(13-16-6-7-16)14-19(23)20-17-8-10-18(11-9-17)26(24,25)21(4)15(2)3/h8-11,15-16H,5-7,12-14H2,1-4H3,(H,20,23). The first-order valence-electron chi connectivity index (χ1n) is 9.34. The van der Waals surface area contributed by atoms with Gasteiger partial charge in [0, 0.05) is 25.3 Å². The molecule has 1 fully saturated rings. The fourth-order valence-corrected chi connectivity index (χ4v) is 4.14. The maximum Gasteiger partial charge on any atom is 0.243 e. The third-order valence-electron chi connectivity index (χ3n) is 4.66. The van der Waals surface area contributed by atoms with Crippen LogP contribution < -0.4 is 5.32 Å². The average Bonchev–Trinajstić information content (AvgIpc) is 3.38. The summed E-state index contributed by atoms with van der Waals surface area (Å²) >= 11 is 0. The molecular formula is C19H31N3O3S. The molecular weight excluding hydrogens is 350 g/mol. The van der Waals surface area contributed by atoms with Crippen LogP contribution in [-0.4, -0.2) is 56.3 Å². The van der Waals surface area contributed by atoms with Crippen LogP contribution in [-0.2, 0) is 14.8 Å². The second kappa shape index (κ2) is 8.97. The maximum absolute atomic E-state index is 12.5. The molecule has 0 aliphatic heterocycles. The zero-order valence-corrected chi connectivity index (χ0v) is 17.1. The van der Waals surface area contributed by atoms with Crippen LogP contribution >= 0.6 is 0 Å². The van der Waals surface area contributed by atoms with Crippen molar-refractivity contribution in [2.45, 2.75) is 51.0 Å². The number of anilines is 1. The molecule has 1 N–H and O–H groups in total. The molecule has 1 aromatic carbocycles. The van der Waals surface area contributed by atoms with Gasteiger partial charge in [-0.05, 0) is 69.8 Å². The molecule has 7 heteroatoms. The molecule has 0 spiro atoms. The van der Waals surface area contributed by atoms with Crippen molar-refractivity contribution in [2.24, 2.45) is 5.92 Å². The molecule has 1 aromatic rings. The van der Waals surface area contributed by atoms with E-state index in [1.807, 2.05) is 13.8 Å². The van der Waals surface area contributed by atoms with Crippen molar-refractivity contribution >= 4 is 21.6 Å². The third-order valence-corrected chi connectivity index (χ3v) is 6.71. The van der Waals surface area contributed by atoms with Crippen molar-refractivity contribution in [3.8, 4) is 0 Å². The number of amides is 1. The lowest BCUT2D eigenvalue weighted by atomic mass is 10.3. The van der Waals surface area contributed by atoms with Gasteiger partial charge in [-0.25, -0.2) is 8.42 Å². The molecule has 6 nitrogen and oxygen atoms in total. The molecule has 0 unspecified atom stereocenters. The lowest BCUT2D eigenvalue weighted by Gasteiger charge is -2.21. The summed E-state index contributed by atoms with van der Waals surface area (Å²) in [5.41, 5.74) is 0.615. The van der Waals surface area contributed by atoms with Gasteiger partial charge in [-0.15, -0.1) is 0 Å². The van der Waals surface area contributed by atoms with Crippen molar-refractivity contribution in [1.82, 2.24) is 9.21 Å². The first-order valence-corrected chi connectivity index (χ1v) is 10.8. The van der Waals surface area contributed by atoms with E-state index in [0.717, 1.165) is 25.4 Å². The highest BCUT2D eigenvalue weighted by Gasteiger charge is 2.25. The molecule has 1 aliphatic carbocycles. The summed E-state index contributed by atoms with van der Waals surface area (Å²) in [5.74, 6) is 0.686. The zero-order valence-electron chi connectivity index (χ0n) is 16.2. The Kier molecular flexibility index (Phi) is 7.20. The van der Waals surface area contributed by atoms with Crippen molar-refractivity contribution in [3.05, 3.63) is 24.3 Å². The number of hydrogen-bond donors (Lipinski definition) is 1. The summed E-state index contributed by atoms with van der Waals surface area (Å²) in [6.07, 6.45) is 3.56. The summed E-state index contributed by atoms with van der Waals surface area (Å²) in [7, 11) is -1.94. The van der Waals surface area contributed by atoms with Gasteiger partial charge in [0.1, 0.15) is 0 Å². The molecule has 0 heterocycles. The van der Waals surface area contributed by atoms with E-state index in [1.54, 1.807) is 19.2 Å². The number of carbonyl (C=O) groups excluding carboxylic acids is 1. The van der Waals surface area contributed by atoms with E-state index in [9.17, 15) is 13.2 Å². The van der Waals surface area contributed by atoms with Gasteiger partial charge in [-0.3, -0.25) is 9.69 Å². The predicted molar refractivity (Wildman–Crippen MR) is 105 cm³/mol. The minimum Gasteiger partial charge on any atom is -0.325 e. The van der Waals surface area contributed by atoms with Gasteiger partial charge in [0.05, 0.1) is 11.4 Å². The molecule has 1 saturated carbocycles. The van der Waals surface area contributed by atoms with Gasteiger partial charge in [0.15, 0.2) is 0 Å². The van der Waals surface area contributed by atoms with Crippen LogP contribution in [0.2, 0.25) is 0 Å². The van der Waals surface area contributed by atoms with E-state index in [-0.39, 0.29) is 16.8 Å². The Morgan fingerprint density at radius 2 is 1.85 bits per heavy atom. The number of sulfonamides is 1. The van der Waals surface area contributed by atoms with Gasteiger partial charge in [-0.1, -0.05) is 6.92 Å². The Morgan fingerprint density at radius 1 is 1.23 bits per heavy atom. The van der Waals surface area contributed by atoms with Gasteiger partial charge in [-0.2, -0.15) is 4.31 Å². The number of nitrogens with zero attached hydrogens (tertiary/aromatic N) is 2. The van der Waals surface area contributed by atoms with Gasteiger partial charge in [0.25, 0.3) is 0 Å². The predicted octanol–water partition coefficient (Wildman–Crippen LogP) is 2.78. The van der Waals surface area contributed by atoms with E-state index in [2.05, 4.69) is 17.1 Å². The lowest BCUT2D eigenvalue weighted by molar-refractivity contribution is -0.117. The minimum absolute atomic E-state index is 0.0611. The highest BCUT2D eigenvalue weighted by molar-refractivity contribution is 7.89. The van der Waals surface area contributed by atoms with Gasteiger partial charge >= 0.3 is 0 Å². The molecule has 0 atom stereocenters. The Labute approximate surface area is 157 Å². The summed E-state index contributed by atoms with van der Waals surface area (Å²) in [6.45, 7) is 8.06. The molecule has 1 amide bonds. The van der Waals surface area contributed by atoms with Crippen LogP contribution in [0.25, 0.3) is 0 Å². The number of benzene rings is 1. The number of rotatable bonds is 10. The SMILES string of the molecule is CCCN(CC(=O)Nc1ccc(S(=O)(=O)N(C)C(C)C)cc1)CC1CC1. The maximum atomic E-state index is 12.5. The summed E-state index contributed by atoms with van der Waals surface area (Å²) in [4.78, 5) is 14.7. The monoisotopic (exact) mass is 381 g/mol. The topological polar surface area (TPSA) is 69.7 Å². The molecule has 0 aromatic heterocycles. The Balaban J connectivity index is 1.96. The van der Waals surface area contributed by atoms with E-state index < -0.39 is 10.0 Å². The van der Waals surface area contributed by atoms with E-state index in [1.165, 1.54) is 29.3 Å². The quantitative estimate of drug-likeness (QED) is 0.677. The van der Waals surface area contributed by atoms with E-state index in [0.29, 0.717) is 12.2 Å². The van der Waals surface area contributed by atoms with Gasteiger partial charge in [0.2, 0.25) is 15.9 Å². The molecule has 0 radical (unpaired) electrons. The Hall–Kier alpha value is -1.44. The molecule has 26 heavy (non-hydrogen) atoms.